The van der Waals surface area contributed by atoms with Crippen LogP contribution in [0.1, 0.15) is 50.7 Å². The molecule has 5 nitrogen and oxygen atoms in total. The van der Waals surface area contributed by atoms with Crippen LogP contribution >= 0.6 is 0 Å². The average molecular weight is 468 g/mol. The van der Waals surface area contributed by atoms with Gasteiger partial charge in [0.15, 0.2) is 0 Å². The Morgan fingerprint density at radius 2 is 1.50 bits per heavy atom. The van der Waals surface area contributed by atoms with Crippen LogP contribution in [0, 0.1) is 11.8 Å². The Bertz CT molecular complexity index is 885. The Hall–Kier alpha value is -2.53. The number of carbonyl (C=O) groups is 1. The fourth-order valence-electron chi connectivity index (χ4n) is 5.38. The van der Waals surface area contributed by atoms with Crippen LogP contribution in [0.4, 0.5) is 0 Å². The van der Waals surface area contributed by atoms with E-state index < -0.39 is 5.41 Å². The van der Waals surface area contributed by atoms with Crippen molar-refractivity contribution in [3.05, 3.63) is 59.7 Å². The maximum atomic E-state index is 13.1. The van der Waals surface area contributed by atoms with Gasteiger partial charge < -0.3 is 19.1 Å². The van der Waals surface area contributed by atoms with E-state index in [1.807, 2.05) is 24.3 Å². The van der Waals surface area contributed by atoms with Crippen molar-refractivity contribution in [2.75, 3.05) is 41.0 Å². The van der Waals surface area contributed by atoms with Crippen LogP contribution in [0.15, 0.2) is 48.5 Å². The first-order chi connectivity index (χ1) is 16.4. The quantitative estimate of drug-likeness (QED) is 0.408. The summed E-state index contributed by atoms with van der Waals surface area (Å²) in [6.45, 7) is 7.49. The maximum Gasteiger partial charge on any atom is 0.316 e. The number of carbonyl (C=O) groups excluding carboxylic acids is 1. The number of rotatable bonds is 11. The van der Waals surface area contributed by atoms with Crippen molar-refractivity contribution >= 4 is 5.97 Å². The van der Waals surface area contributed by atoms with Gasteiger partial charge in [-0.15, -0.1) is 0 Å². The molecule has 3 rings (SSSR count). The van der Waals surface area contributed by atoms with Crippen molar-refractivity contribution < 1.29 is 19.0 Å². The largest absolute Gasteiger partial charge is 0.497 e. The summed E-state index contributed by atoms with van der Waals surface area (Å²) in [5, 5.41) is 0. The van der Waals surface area contributed by atoms with E-state index in [9.17, 15) is 4.79 Å². The normalized spacial score (nSPS) is 16.8. The number of ether oxygens (including phenoxy) is 3. The second-order valence-corrected chi connectivity index (χ2v) is 9.79. The first-order valence-corrected chi connectivity index (χ1v) is 12.5. The SMILES string of the molecule is COC(=O)C(CCCN1CCC(Cc2ccc(OC)cc2)CC1)(c1ccc(OC)cc1)C(C)C. The highest BCUT2D eigenvalue weighted by molar-refractivity contribution is 5.83. The van der Waals surface area contributed by atoms with Gasteiger partial charge in [-0.25, -0.2) is 0 Å². The summed E-state index contributed by atoms with van der Waals surface area (Å²) in [7, 11) is 4.86. The van der Waals surface area contributed by atoms with E-state index in [0.717, 1.165) is 61.9 Å². The van der Waals surface area contributed by atoms with Gasteiger partial charge in [-0.1, -0.05) is 38.1 Å². The van der Waals surface area contributed by atoms with Crippen molar-refractivity contribution in [3.63, 3.8) is 0 Å². The molecule has 1 aliphatic heterocycles. The Morgan fingerprint density at radius 1 is 0.941 bits per heavy atom. The molecule has 0 aliphatic carbocycles. The molecule has 0 saturated carbocycles. The molecule has 0 aromatic heterocycles. The molecule has 1 aliphatic rings. The molecule has 2 aromatic rings. The Balaban J connectivity index is 1.56. The third-order valence-corrected chi connectivity index (χ3v) is 7.58. The fourth-order valence-corrected chi connectivity index (χ4v) is 5.38. The number of methoxy groups -OCH3 is 3. The molecule has 186 valence electrons. The van der Waals surface area contributed by atoms with Crippen LogP contribution in [-0.4, -0.2) is 51.8 Å². The highest BCUT2D eigenvalue weighted by Crippen LogP contribution is 2.39. The molecule has 0 radical (unpaired) electrons. The number of likely N-dealkylation sites (tertiary alicyclic amines) is 1. The molecule has 1 saturated heterocycles. The summed E-state index contributed by atoms with van der Waals surface area (Å²) in [4.78, 5) is 15.7. The molecule has 0 N–H and O–H groups in total. The molecular weight excluding hydrogens is 426 g/mol. The topological polar surface area (TPSA) is 48.0 Å². The smallest absolute Gasteiger partial charge is 0.316 e. The van der Waals surface area contributed by atoms with Gasteiger partial charge in [0, 0.05) is 0 Å². The first-order valence-electron chi connectivity index (χ1n) is 12.5. The minimum absolute atomic E-state index is 0.128. The van der Waals surface area contributed by atoms with E-state index in [2.05, 4.69) is 43.0 Å². The summed E-state index contributed by atoms with van der Waals surface area (Å²) in [5.41, 5.74) is 1.75. The molecule has 0 spiro atoms. The lowest BCUT2D eigenvalue weighted by Crippen LogP contribution is -2.43. The van der Waals surface area contributed by atoms with Gasteiger partial charge in [0.25, 0.3) is 0 Å². The summed E-state index contributed by atoms with van der Waals surface area (Å²) < 4.78 is 15.9. The lowest BCUT2D eigenvalue weighted by atomic mass is 9.68. The maximum absolute atomic E-state index is 13.1. The van der Waals surface area contributed by atoms with E-state index in [0.29, 0.717) is 0 Å². The fraction of sp³-hybridized carbons (Fsp3) is 0.552. The molecule has 1 unspecified atom stereocenters. The highest BCUT2D eigenvalue weighted by atomic mass is 16.5. The zero-order valence-corrected chi connectivity index (χ0v) is 21.5. The molecule has 5 heteroatoms. The molecule has 0 amide bonds. The van der Waals surface area contributed by atoms with Crippen molar-refractivity contribution in [2.45, 2.75) is 51.4 Å². The van der Waals surface area contributed by atoms with Crippen LogP contribution in [0.3, 0.4) is 0 Å². The lowest BCUT2D eigenvalue weighted by molar-refractivity contribution is -0.150. The van der Waals surface area contributed by atoms with E-state index in [1.165, 1.54) is 25.5 Å². The van der Waals surface area contributed by atoms with Crippen LogP contribution in [0.5, 0.6) is 11.5 Å². The number of piperidine rings is 1. The van der Waals surface area contributed by atoms with Gasteiger partial charge >= 0.3 is 5.97 Å². The third-order valence-electron chi connectivity index (χ3n) is 7.58. The molecule has 34 heavy (non-hydrogen) atoms. The Morgan fingerprint density at radius 3 is 2.00 bits per heavy atom. The number of hydrogen-bond donors (Lipinski definition) is 0. The first kappa shape index (κ1) is 26.1. The summed E-state index contributed by atoms with van der Waals surface area (Å²) in [6.07, 6.45) is 5.31. The average Bonchev–Trinajstić information content (AvgIpc) is 2.87. The number of hydrogen-bond acceptors (Lipinski definition) is 5. The van der Waals surface area contributed by atoms with Crippen molar-refractivity contribution in [3.8, 4) is 11.5 Å². The van der Waals surface area contributed by atoms with Crippen LogP contribution in [-0.2, 0) is 21.4 Å². The van der Waals surface area contributed by atoms with E-state index in [1.54, 1.807) is 14.2 Å². The van der Waals surface area contributed by atoms with Crippen molar-refractivity contribution in [1.82, 2.24) is 4.90 Å². The van der Waals surface area contributed by atoms with Crippen LogP contribution in [0.2, 0.25) is 0 Å². The second-order valence-electron chi connectivity index (χ2n) is 9.79. The summed E-state index contributed by atoms with van der Waals surface area (Å²) in [6, 6.07) is 16.4. The number of benzene rings is 2. The van der Waals surface area contributed by atoms with E-state index in [4.69, 9.17) is 14.2 Å². The van der Waals surface area contributed by atoms with Gasteiger partial charge in [-0.05, 0) is 99.0 Å². The molecule has 2 aromatic carbocycles. The van der Waals surface area contributed by atoms with Gasteiger partial charge in [0.05, 0.1) is 26.7 Å². The van der Waals surface area contributed by atoms with Gasteiger partial charge in [0.1, 0.15) is 11.5 Å². The van der Waals surface area contributed by atoms with Gasteiger partial charge in [-0.2, -0.15) is 0 Å². The van der Waals surface area contributed by atoms with Crippen molar-refractivity contribution in [2.24, 2.45) is 11.8 Å². The zero-order valence-electron chi connectivity index (χ0n) is 21.5. The van der Waals surface area contributed by atoms with E-state index in [-0.39, 0.29) is 11.9 Å². The lowest BCUT2D eigenvalue weighted by Gasteiger charge is -2.37. The van der Waals surface area contributed by atoms with Gasteiger partial charge in [-0.3, -0.25) is 4.79 Å². The van der Waals surface area contributed by atoms with Gasteiger partial charge in [0.2, 0.25) is 0 Å². The highest BCUT2D eigenvalue weighted by Gasteiger charge is 2.44. The Kier molecular flexibility index (Phi) is 9.40. The minimum Gasteiger partial charge on any atom is -0.497 e. The molecule has 0 bridgehead atoms. The molecule has 1 heterocycles. The monoisotopic (exact) mass is 467 g/mol. The predicted molar refractivity (Wildman–Crippen MR) is 137 cm³/mol. The van der Waals surface area contributed by atoms with Crippen LogP contribution < -0.4 is 9.47 Å². The number of nitrogens with zero attached hydrogens (tertiary/aromatic N) is 1. The summed E-state index contributed by atoms with van der Waals surface area (Å²) >= 11 is 0. The second kappa shape index (κ2) is 12.3. The zero-order chi connectivity index (χ0) is 24.6. The van der Waals surface area contributed by atoms with Crippen LogP contribution in [0.25, 0.3) is 0 Å². The van der Waals surface area contributed by atoms with Crippen molar-refractivity contribution in [1.29, 1.82) is 0 Å². The third kappa shape index (κ3) is 6.12. The Labute approximate surface area is 205 Å². The predicted octanol–water partition coefficient (Wildman–Crippen LogP) is 5.51. The van der Waals surface area contributed by atoms with E-state index >= 15 is 0 Å². The standard InChI is InChI=1S/C29H41NO4/c1-22(2)29(28(31)34-5,25-9-13-27(33-4)14-10-25)17-6-18-30-19-15-24(16-20-30)21-23-7-11-26(32-3)12-8-23/h7-14,22,24H,6,15-21H2,1-5H3. The summed E-state index contributed by atoms with van der Waals surface area (Å²) in [5.74, 6) is 2.42. The molecular formula is C29H41NO4. The minimum atomic E-state index is -0.645. The number of esters is 1. The molecule has 1 fully saturated rings. The molecule has 1 atom stereocenters.